The van der Waals surface area contributed by atoms with Gasteiger partial charge in [-0.1, -0.05) is 73.6 Å². The molecule has 0 amide bonds. The molecule has 2 heterocycles. The predicted octanol–water partition coefficient (Wildman–Crippen LogP) is 9.71. The Morgan fingerprint density at radius 2 is 1.56 bits per heavy atom. The third-order valence-electron chi connectivity index (χ3n) is 8.31. The summed E-state index contributed by atoms with van der Waals surface area (Å²) in [5, 5.41) is 12.4. The van der Waals surface area contributed by atoms with Crippen LogP contribution in [0.25, 0.3) is 33.1 Å². The second-order valence-corrected chi connectivity index (χ2v) is 10.8. The van der Waals surface area contributed by atoms with Crippen molar-refractivity contribution < 1.29 is 34.4 Å². The molecule has 0 fully saturated rings. The van der Waals surface area contributed by atoms with Crippen LogP contribution in [0.5, 0.6) is 0 Å². The molecule has 4 rings (SSSR count). The van der Waals surface area contributed by atoms with Crippen molar-refractivity contribution in [3.63, 3.8) is 0 Å². The van der Waals surface area contributed by atoms with E-state index >= 15 is 0 Å². The number of hydrogen-bond acceptors (Lipinski definition) is 4. The number of rotatable bonds is 8. The van der Waals surface area contributed by atoms with Gasteiger partial charge in [0.15, 0.2) is 5.78 Å². The second-order valence-electron chi connectivity index (χ2n) is 10.8. The van der Waals surface area contributed by atoms with Crippen molar-refractivity contribution in [3.05, 3.63) is 77.8 Å². The smallest absolute Gasteiger partial charge is 0.164 e. The Balaban J connectivity index is 0.000000275. The zero-order valence-corrected chi connectivity index (χ0v) is 27.0. The molecular weight excluding hydrogens is 663 g/mol. The van der Waals surface area contributed by atoms with Crippen LogP contribution in [-0.4, -0.2) is 15.9 Å². The average molecular weight is 705 g/mol. The first kappa shape index (κ1) is 32.5. The zero-order chi connectivity index (χ0) is 28.1. The SMILES string of the molecule is CCC(C)(CC)C(=O)/C=C(\O)C(C)(CC)CC.Cc1[c-]c(-c2nc3ccccc3c3ccoc23)cc(C)c1.[Ir]. The van der Waals surface area contributed by atoms with Crippen LogP contribution in [-0.2, 0) is 24.9 Å². The number of hydrogen-bond donors (Lipinski definition) is 1. The van der Waals surface area contributed by atoms with Crippen LogP contribution in [0.15, 0.2) is 65.0 Å². The topological polar surface area (TPSA) is 63.3 Å². The van der Waals surface area contributed by atoms with Gasteiger partial charge in [-0.25, -0.2) is 0 Å². The molecule has 0 saturated heterocycles. The van der Waals surface area contributed by atoms with Gasteiger partial charge >= 0.3 is 0 Å². The molecule has 0 atom stereocenters. The van der Waals surface area contributed by atoms with E-state index < -0.39 is 0 Å². The largest absolute Gasteiger partial charge is 0.512 e. The van der Waals surface area contributed by atoms with E-state index in [9.17, 15) is 9.90 Å². The number of aromatic nitrogens is 1. The molecule has 0 bridgehead atoms. The molecule has 4 nitrogen and oxygen atoms in total. The van der Waals surface area contributed by atoms with Gasteiger partial charge in [0.2, 0.25) is 0 Å². The van der Waals surface area contributed by atoms with Crippen molar-refractivity contribution in [3.8, 4) is 11.3 Å². The van der Waals surface area contributed by atoms with E-state index in [1.807, 2.05) is 65.8 Å². The number of aliphatic hydroxyl groups excluding tert-OH is 1. The summed E-state index contributed by atoms with van der Waals surface area (Å²) < 4.78 is 5.71. The number of benzene rings is 2. The first-order chi connectivity index (χ1) is 18.0. The maximum Gasteiger partial charge on any atom is 0.164 e. The van der Waals surface area contributed by atoms with E-state index in [4.69, 9.17) is 9.40 Å². The molecule has 211 valence electrons. The van der Waals surface area contributed by atoms with Gasteiger partial charge in [0.25, 0.3) is 0 Å². The first-order valence-electron chi connectivity index (χ1n) is 13.7. The minimum Gasteiger partial charge on any atom is -0.512 e. The third kappa shape index (κ3) is 7.07. The fraction of sp³-hybridized carbons (Fsp3) is 0.412. The molecule has 0 spiro atoms. The number of nitrogens with zero attached hydrogens (tertiary/aromatic N) is 1. The number of carbonyl (C=O) groups excluding carboxylic acids is 1. The van der Waals surface area contributed by atoms with Gasteiger partial charge in [-0.05, 0) is 37.8 Å². The Morgan fingerprint density at radius 3 is 2.15 bits per heavy atom. The van der Waals surface area contributed by atoms with Crippen LogP contribution in [0.2, 0.25) is 0 Å². The molecule has 0 aliphatic heterocycles. The molecule has 2 aromatic carbocycles. The van der Waals surface area contributed by atoms with E-state index in [-0.39, 0.29) is 42.5 Å². The predicted molar refractivity (Wildman–Crippen MR) is 158 cm³/mol. The summed E-state index contributed by atoms with van der Waals surface area (Å²) in [4.78, 5) is 17.0. The Hall–Kier alpha value is -2.75. The molecular formula is C34H42IrNO3-. The Bertz CT molecular complexity index is 1420. The Labute approximate surface area is 247 Å². The van der Waals surface area contributed by atoms with Gasteiger partial charge in [0.1, 0.15) is 11.3 Å². The molecule has 0 aliphatic carbocycles. The summed E-state index contributed by atoms with van der Waals surface area (Å²) in [5.41, 5.74) is 5.37. The minimum atomic E-state index is -0.337. The summed E-state index contributed by atoms with van der Waals surface area (Å²) in [6.45, 7) is 16.2. The Morgan fingerprint density at radius 1 is 0.949 bits per heavy atom. The fourth-order valence-electron chi connectivity index (χ4n) is 4.56. The van der Waals surface area contributed by atoms with E-state index in [0.29, 0.717) is 0 Å². The summed E-state index contributed by atoms with van der Waals surface area (Å²) >= 11 is 0. The monoisotopic (exact) mass is 705 g/mol. The van der Waals surface area contributed by atoms with Crippen LogP contribution in [0.4, 0.5) is 0 Å². The molecule has 1 radical (unpaired) electrons. The number of furan rings is 1. The standard InChI is InChI=1S/C19H14NO.C15H28O2.Ir/c1-12-9-13(2)11-14(10-12)18-19-16(7-8-21-19)15-5-3-4-6-17(15)20-18;1-7-14(5,8-2)12(16)11-13(17)15(6,9-3)10-4;/h3-10H,1-2H3;11,16H,7-10H2,1-6H3;/q-1;;/b;12-11-;. The number of ketones is 1. The van der Waals surface area contributed by atoms with Crippen LogP contribution < -0.4 is 0 Å². The van der Waals surface area contributed by atoms with Crippen LogP contribution in [0.3, 0.4) is 0 Å². The molecule has 0 aliphatic rings. The van der Waals surface area contributed by atoms with Crippen molar-refractivity contribution in [2.24, 2.45) is 10.8 Å². The second kappa shape index (κ2) is 13.5. The van der Waals surface area contributed by atoms with Crippen molar-refractivity contribution >= 4 is 27.7 Å². The number of aliphatic hydroxyl groups is 1. The number of carbonyl (C=O) groups is 1. The number of allylic oxidation sites excluding steroid dienone is 2. The summed E-state index contributed by atoms with van der Waals surface area (Å²) in [6, 6.07) is 17.8. The van der Waals surface area contributed by atoms with Gasteiger partial charge in [-0.3, -0.25) is 9.78 Å². The van der Waals surface area contributed by atoms with Gasteiger partial charge < -0.3 is 9.52 Å². The summed E-state index contributed by atoms with van der Waals surface area (Å²) in [7, 11) is 0. The number of fused-ring (bicyclic) bond motifs is 3. The van der Waals surface area contributed by atoms with Crippen LogP contribution in [0, 0.1) is 30.7 Å². The molecule has 5 heteroatoms. The molecule has 2 aromatic heterocycles. The molecule has 0 saturated carbocycles. The molecule has 4 aromatic rings. The average Bonchev–Trinajstić information content (AvgIpc) is 3.41. The van der Waals surface area contributed by atoms with Crippen molar-refractivity contribution in [1.82, 2.24) is 4.98 Å². The van der Waals surface area contributed by atoms with Crippen molar-refractivity contribution in [2.75, 3.05) is 0 Å². The minimum absolute atomic E-state index is 0. The number of pyridine rings is 1. The van der Waals surface area contributed by atoms with Gasteiger partial charge in [0, 0.05) is 53.5 Å². The quantitative estimate of drug-likeness (QED) is 0.113. The molecule has 39 heavy (non-hydrogen) atoms. The first-order valence-corrected chi connectivity index (χ1v) is 13.7. The third-order valence-corrected chi connectivity index (χ3v) is 8.31. The normalized spacial score (nSPS) is 12.2. The van der Waals surface area contributed by atoms with Crippen molar-refractivity contribution in [2.45, 2.75) is 81.1 Å². The van der Waals surface area contributed by atoms with Gasteiger partial charge in [-0.15, -0.1) is 34.9 Å². The van der Waals surface area contributed by atoms with Gasteiger partial charge in [-0.2, -0.15) is 0 Å². The van der Waals surface area contributed by atoms with Gasteiger partial charge in [0.05, 0.1) is 11.8 Å². The molecule has 1 N–H and O–H groups in total. The van der Waals surface area contributed by atoms with Crippen LogP contribution in [0.1, 0.15) is 78.4 Å². The summed E-state index contributed by atoms with van der Waals surface area (Å²) in [6.07, 6.45) is 6.48. The maximum absolute atomic E-state index is 12.2. The maximum atomic E-state index is 12.2. The van der Waals surface area contributed by atoms with E-state index in [1.165, 1.54) is 11.6 Å². The van der Waals surface area contributed by atoms with Crippen LogP contribution >= 0.6 is 0 Å². The number of aryl methyl sites for hydroxylation is 2. The number of para-hydroxylation sites is 1. The molecule has 0 unspecified atom stereocenters. The van der Waals surface area contributed by atoms with E-state index in [2.05, 4.69) is 38.1 Å². The van der Waals surface area contributed by atoms with E-state index in [0.717, 1.165) is 64.4 Å². The van der Waals surface area contributed by atoms with E-state index in [1.54, 1.807) is 6.26 Å². The summed E-state index contributed by atoms with van der Waals surface area (Å²) in [5.74, 6) is 0.286. The Kier molecular flexibility index (Phi) is 11.3. The zero-order valence-electron chi connectivity index (χ0n) is 24.6. The fourth-order valence-corrected chi connectivity index (χ4v) is 4.56. The van der Waals surface area contributed by atoms with Crippen molar-refractivity contribution in [1.29, 1.82) is 0 Å².